The average molecular weight is 349 g/mol. The first kappa shape index (κ1) is 15.4. The molecule has 1 amide bonds. The molecule has 5 heteroatoms. The zero-order chi connectivity index (χ0) is 17.8. The molecule has 2 aromatic carbocycles. The van der Waals surface area contributed by atoms with Crippen molar-refractivity contribution in [2.45, 2.75) is 18.4 Å². The van der Waals surface area contributed by atoms with Crippen LogP contribution in [0.25, 0.3) is 11.1 Å². The summed E-state index contributed by atoms with van der Waals surface area (Å²) in [7, 11) is 0. The second kappa shape index (κ2) is 5.59. The Hall–Kier alpha value is -2.82. The zero-order valence-corrected chi connectivity index (χ0v) is 14.2. The Morgan fingerprint density at radius 2 is 1.65 bits per heavy atom. The molecule has 1 N–H and O–H groups in total. The van der Waals surface area contributed by atoms with Gasteiger partial charge < -0.3 is 9.84 Å². The fraction of sp³-hybridized carbons (Fsp3) is 0.333. The predicted molar refractivity (Wildman–Crippen MR) is 94.8 cm³/mol. The molecule has 1 saturated carbocycles. The van der Waals surface area contributed by atoms with E-state index in [0.29, 0.717) is 12.5 Å². The first-order valence-electron chi connectivity index (χ1n) is 8.99. The molecule has 3 aliphatic rings. The van der Waals surface area contributed by atoms with Gasteiger partial charge in [0.25, 0.3) is 0 Å². The molecular formula is C21H19NO4. The highest BCUT2D eigenvalue weighted by molar-refractivity contribution is 5.82. The van der Waals surface area contributed by atoms with Crippen molar-refractivity contribution in [1.29, 1.82) is 0 Å². The van der Waals surface area contributed by atoms with Gasteiger partial charge in [-0.1, -0.05) is 48.5 Å². The second-order valence-electron chi connectivity index (χ2n) is 7.40. The van der Waals surface area contributed by atoms with Gasteiger partial charge in [-0.3, -0.25) is 4.90 Å². The molecule has 132 valence electrons. The maximum Gasteiger partial charge on any atom is 0.410 e. The third-order valence-corrected chi connectivity index (χ3v) is 5.97. The number of carboxylic acid groups (broad SMARTS) is 1. The maximum atomic E-state index is 12.5. The molecule has 5 rings (SSSR count). The van der Waals surface area contributed by atoms with Crippen LogP contribution < -0.4 is 0 Å². The predicted octanol–water partition coefficient (Wildman–Crippen LogP) is 3.34. The van der Waals surface area contributed by atoms with Crippen molar-refractivity contribution in [3.8, 4) is 11.1 Å². The molecule has 26 heavy (non-hydrogen) atoms. The standard InChI is InChI=1S/C21H19NO4/c23-20(24)19-17-9-12(17)10-22(19)21(25)26-11-18-15-7-3-1-5-13(15)14-6-2-4-8-16(14)18/h1-8,12,17-19H,9-11H2,(H,23,24)/t12-,17-,19-/m1/s1. The Bertz CT molecular complexity index is 863. The quantitative estimate of drug-likeness (QED) is 0.923. The summed E-state index contributed by atoms with van der Waals surface area (Å²) < 4.78 is 5.60. The van der Waals surface area contributed by atoms with E-state index >= 15 is 0 Å². The van der Waals surface area contributed by atoms with Gasteiger partial charge in [-0.25, -0.2) is 9.59 Å². The van der Waals surface area contributed by atoms with Gasteiger partial charge in [-0.15, -0.1) is 0 Å². The molecule has 0 unspecified atom stereocenters. The normalized spacial score (nSPS) is 25.4. The largest absolute Gasteiger partial charge is 0.480 e. The SMILES string of the molecule is O=C(O)[C@H]1[C@@H]2C[C@@H]2CN1C(=O)OCC1c2ccccc2-c2ccccc21. The molecule has 1 aliphatic heterocycles. The minimum Gasteiger partial charge on any atom is -0.480 e. The number of amides is 1. The van der Waals surface area contributed by atoms with Crippen molar-refractivity contribution >= 4 is 12.1 Å². The van der Waals surface area contributed by atoms with E-state index in [1.165, 1.54) is 16.0 Å². The summed E-state index contributed by atoms with van der Waals surface area (Å²) in [6.07, 6.45) is 0.399. The van der Waals surface area contributed by atoms with E-state index in [9.17, 15) is 14.7 Å². The molecule has 0 radical (unpaired) electrons. The summed E-state index contributed by atoms with van der Waals surface area (Å²) in [5.41, 5.74) is 4.66. The monoisotopic (exact) mass is 349 g/mol. The number of likely N-dealkylation sites (tertiary alicyclic amines) is 1. The molecule has 1 saturated heterocycles. The Labute approximate surface area is 151 Å². The minimum absolute atomic E-state index is 0.00762. The first-order chi connectivity index (χ1) is 12.6. The number of ether oxygens (including phenoxy) is 1. The van der Waals surface area contributed by atoms with Crippen molar-refractivity contribution in [2.75, 3.05) is 13.2 Å². The first-order valence-corrected chi connectivity index (χ1v) is 8.99. The van der Waals surface area contributed by atoms with E-state index in [2.05, 4.69) is 24.3 Å². The van der Waals surface area contributed by atoms with Crippen molar-refractivity contribution in [2.24, 2.45) is 11.8 Å². The lowest BCUT2D eigenvalue weighted by Gasteiger charge is -2.24. The molecule has 0 aromatic heterocycles. The number of aliphatic carboxylic acids is 1. The van der Waals surface area contributed by atoms with Gasteiger partial charge in [0, 0.05) is 12.5 Å². The fourth-order valence-corrected chi connectivity index (χ4v) is 4.65. The fourth-order valence-electron chi connectivity index (χ4n) is 4.65. The number of carbonyl (C=O) groups excluding carboxylic acids is 1. The summed E-state index contributed by atoms with van der Waals surface area (Å²) in [6.45, 7) is 0.726. The molecule has 1 heterocycles. The lowest BCUT2D eigenvalue weighted by atomic mass is 9.98. The Balaban J connectivity index is 1.36. The smallest absolute Gasteiger partial charge is 0.410 e. The molecule has 0 bridgehead atoms. The van der Waals surface area contributed by atoms with Crippen molar-refractivity contribution < 1.29 is 19.4 Å². The van der Waals surface area contributed by atoms with Crippen molar-refractivity contribution in [3.05, 3.63) is 59.7 Å². The number of fused-ring (bicyclic) bond motifs is 4. The molecule has 3 atom stereocenters. The van der Waals surface area contributed by atoms with Gasteiger partial charge >= 0.3 is 12.1 Å². The summed E-state index contributed by atoms with van der Waals surface area (Å²) in [5, 5.41) is 9.42. The maximum absolute atomic E-state index is 12.5. The Morgan fingerprint density at radius 1 is 1.04 bits per heavy atom. The van der Waals surface area contributed by atoms with E-state index in [1.54, 1.807) is 0 Å². The number of carboxylic acids is 1. The highest BCUT2D eigenvalue weighted by Crippen LogP contribution is 2.50. The van der Waals surface area contributed by atoms with Crippen LogP contribution in [0.15, 0.2) is 48.5 Å². The van der Waals surface area contributed by atoms with Crippen LogP contribution in [-0.2, 0) is 9.53 Å². The van der Waals surface area contributed by atoms with Crippen LogP contribution in [0.5, 0.6) is 0 Å². The minimum atomic E-state index is -0.927. The van der Waals surface area contributed by atoms with Crippen LogP contribution in [-0.4, -0.2) is 41.3 Å². The lowest BCUT2D eigenvalue weighted by molar-refractivity contribution is -0.142. The number of piperidine rings is 1. The third-order valence-electron chi connectivity index (χ3n) is 5.97. The van der Waals surface area contributed by atoms with Gasteiger partial charge in [0.1, 0.15) is 12.6 Å². The van der Waals surface area contributed by atoms with Crippen molar-refractivity contribution in [1.82, 2.24) is 4.90 Å². The van der Waals surface area contributed by atoms with Crippen LogP contribution in [0.4, 0.5) is 4.79 Å². The van der Waals surface area contributed by atoms with E-state index in [-0.39, 0.29) is 18.4 Å². The van der Waals surface area contributed by atoms with Crippen LogP contribution in [0.3, 0.4) is 0 Å². The summed E-state index contributed by atoms with van der Waals surface area (Å²) in [6, 6.07) is 15.6. The van der Waals surface area contributed by atoms with Crippen LogP contribution in [0, 0.1) is 11.8 Å². The highest BCUT2D eigenvalue weighted by Gasteiger charge is 2.57. The number of nitrogens with zero attached hydrogens (tertiary/aromatic N) is 1. The van der Waals surface area contributed by atoms with Gasteiger partial charge in [0.05, 0.1) is 0 Å². The summed E-state index contributed by atoms with van der Waals surface area (Å²) in [5.74, 6) is -0.500. The van der Waals surface area contributed by atoms with Gasteiger partial charge in [-0.05, 0) is 40.5 Å². The number of carbonyl (C=O) groups is 2. The van der Waals surface area contributed by atoms with Gasteiger partial charge in [0.2, 0.25) is 0 Å². The molecule has 2 aliphatic carbocycles. The molecule has 2 aromatic rings. The van der Waals surface area contributed by atoms with Gasteiger partial charge in [-0.2, -0.15) is 0 Å². The summed E-state index contributed by atoms with van der Waals surface area (Å²) in [4.78, 5) is 25.4. The molecular weight excluding hydrogens is 330 g/mol. The van der Waals surface area contributed by atoms with E-state index < -0.39 is 18.1 Å². The van der Waals surface area contributed by atoms with E-state index in [4.69, 9.17) is 4.74 Å². The van der Waals surface area contributed by atoms with E-state index in [1.807, 2.05) is 24.3 Å². The number of hydrogen-bond acceptors (Lipinski definition) is 3. The van der Waals surface area contributed by atoms with Crippen LogP contribution >= 0.6 is 0 Å². The topological polar surface area (TPSA) is 66.8 Å². The van der Waals surface area contributed by atoms with E-state index in [0.717, 1.165) is 17.5 Å². The Morgan fingerprint density at radius 3 is 2.27 bits per heavy atom. The highest BCUT2D eigenvalue weighted by atomic mass is 16.6. The van der Waals surface area contributed by atoms with Crippen molar-refractivity contribution in [3.63, 3.8) is 0 Å². The third kappa shape index (κ3) is 2.23. The summed E-state index contributed by atoms with van der Waals surface area (Å²) >= 11 is 0. The molecule has 0 spiro atoms. The molecule has 5 nitrogen and oxygen atoms in total. The van der Waals surface area contributed by atoms with Crippen LogP contribution in [0.1, 0.15) is 23.5 Å². The molecule has 2 fully saturated rings. The number of benzene rings is 2. The van der Waals surface area contributed by atoms with Gasteiger partial charge in [0.15, 0.2) is 0 Å². The average Bonchev–Trinajstić information content (AvgIpc) is 3.19. The lowest BCUT2D eigenvalue weighted by Crippen LogP contribution is -2.43. The Kier molecular flexibility index (Phi) is 3.32. The van der Waals surface area contributed by atoms with Crippen LogP contribution in [0.2, 0.25) is 0 Å². The number of rotatable bonds is 3. The number of hydrogen-bond donors (Lipinski definition) is 1. The zero-order valence-electron chi connectivity index (χ0n) is 14.2. The second-order valence-corrected chi connectivity index (χ2v) is 7.40.